The van der Waals surface area contributed by atoms with Crippen molar-refractivity contribution in [1.82, 2.24) is 0 Å². The third-order valence-corrected chi connectivity index (χ3v) is 22.3. The van der Waals surface area contributed by atoms with Crippen LogP contribution in [0.2, 0.25) is 0 Å². The molecule has 9 aliphatic rings. The van der Waals surface area contributed by atoms with E-state index in [0.29, 0.717) is 19.3 Å². The van der Waals surface area contributed by atoms with Gasteiger partial charge in [0.1, 0.15) is 110 Å². The fourth-order valence-corrected chi connectivity index (χ4v) is 17.1. The molecule has 12 N–H and O–H groups in total. The molecule has 36 heteroatoms. The molecule has 0 aromatic rings. The lowest BCUT2D eigenvalue weighted by Crippen LogP contribution is -2.68. The molecule has 0 radical (unpaired) electrons. The summed E-state index contributed by atoms with van der Waals surface area (Å²) >= 11 is 0. The van der Waals surface area contributed by atoms with Crippen LogP contribution < -0.4 is 0 Å². The third-order valence-electron chi connectivity index (χ3n) is 20.9. The smallest absolute Gasteiger partial charge is 0.388 e. The first-order chi connectivity index (χ1) is 41.2. The first-order valence-electron chi connectivity index (χ1n) is 29.5. The summed E-state index contributed by atoms with van der Waals surface area (Å²) in [7, 11) is -14.8. The maximum absolute atomic E-state index is 13.0. The van der Waals surface area contributed by atoms with Gasteiger partial charge in [-0.3, -0.25) is 18.5 Å². The molecule has 0 amide bonds. The Kier molecular flexibility index (Phi) is 21.4. The first-order valence-corrected chi connectivity index (χ1v) is 33.6. The summed E-state index contributed by atoms with van der Waals surface area (Å²) in [5.74, 6) is 0.369. The molecule has 4 aliphatic carbocycles. The molecule has 9 rings (SSSR count). The minimum Gasteiger partial charge on any atom is -0.388 e. The second kappa shape index (κ2) is 26.7. The van der Waals surface area contributed by atoms with Gasteiger partial charge in [0, 0.05) is 13.0 Å². The molecule has 5 heterocycles. The average molecular weight is 1350 g/mol. The van der Waals surface area contributed by atoms with E-state index >= 15 is 0 Å². The Labute approximate surface area is 514 Å². The number of carbonyl (C=O) groups excluding carboxylic acids is 1. The molecule has 3 saturated carbocycles. The van der Waals surface area contributed by atoms with Crippen LogP contribution in [0, 0.1) is 39.4 Å². The summed E-state index contributed by atoms with van der Waals surface area (Å²) in [6, 6.07) is 0. The van der Waals surface area contributed by atoms with Crippen LogP contribution in [0.5, 0.6) is 0 Å². The van der Waals surface area contributed by atoms with Gasteiger partial charge in [-0.05, 0) is 92.3 Å². The Morgan fingerprint density at radius 1 is 0.573 bits per heavy atom. The molecule has 5 saturated heterocycles. The number of aliphatic hydroxyl groups is 9. The van der Waals surface area contributed by atoms with Crippen molar-refractivity contribution in [2.75, 3.05) is 33.5 Å². The average Bonchev–Trinajstić information content (AvgIpc) is 1.68. The number of rotatable bonds is 20. The van der Waals surface area contributed by atoms with E-state index in [4.69, 9.17) is 56.3 Å². The van der Waals surface area contributed by atoms with E-state index < -0.39 is 210 Å². The molecule has 89 heavy (non-hydrogen) atoms. The number of carbonyl (C=O) groups is 1. The van der Waals surface area contributed by atoms with Crippen molar-refractivity contribution in [2.45, 2.75) is 241 Å². The highest BCUT2D eigenvalue weighted by molar-refractivity contribution is 7.81. The number of methoxy groups -OCH3 is 1. The topological polar surface area (TPSA) is 491 Å². The number of ether oxygens (including phenoxy) is 11. The predicted molar refractivity (Wildman–Crippen MR) is 291 cm³/mol. The highest BCUT2D eigenvalue weighted by atomic mass is 32.3. The van der Waals surface area contributed by atoms with E-state index in [1.165, 1.54) is 12.5 Å². The minimum atomic E-state index is -5.31. The van der Waals surface area contributed by atoms with Crippen LogP contribution in [0.3, 0.4) is 0 Å². The van der Waals surface area contributed by atoms with Gasteiger partial charge in [-0.15, -0.1) is 0 Å². The minimum absolute atomic E-state index is 0.00617. The molecular formula is C53H86O33S3. The van der Waals surface area contributed by atoms with Gasteiger partial charge in [0.05, 0.1) is 38.6 Å². The highest BCUT2D eigenvalue weighted by Crippen LogP contribution is 2.73. The zero-order valence-electron chi connectivity index (χ0n) is 50.1. The summed E-state index contributed by atoms with van der Waals surface area (Å²) in [5.41, 5.74) is 0.126. The molecule has 30 atom stereocenters. The largest absolute Gasteiger partial charge is 0.397 e. The zero-order valence-corrected chi connectivity index (χ0v) is 52.6. The Morgan fingerprint density at radius 3 is 1.71 bits per heavy atom. The Morgan fingerprint density at radius 2 is 1.12 bits per heavy atom. The number of hydrogen-bond donors (Lipinski definition) is 12. The van der Waals surface area contributed by atoms with Gasteiger partial charge >= 0.3 is 31.2 Å². The Hall–Kier alpha value is -1.78. The Bertz CT molecular complexity index is 2870. The third kappa shape index (κ3) is 14.2. The number of fused-ring (bicyclic) bond motifs is 5. The number of ketones is 1. The van der Waals surface area contributed by atoms with Gasteiger partial charge in [-0.25, -0.2) is 12.5 Å². The van der Waals surface area contributed by atoms with E-state index in [0.717, 1.165) is 32.8 Å². The fourth-order valence-electron chi connectivity index (χ4n) is 16.0. The summed E-state index contributed by atoms with van der Waals surface area (Å²) in [6.07, 6.45) is -38.3. The van der Waals surface area contributed by atoms with Crippen molar-refractivity contribution in [1.29, 1.82) is 0 Å². The molecule has 0 bridgehead atoms. The lowest BCUT2D eigenvalue weighted by Gasteiger charge is -2.64. The quantitative estimate of drug-likeness (QED) is 0.0430. The van der Waals surface area contributed by atoms with E-state index in [2.05, 4.69) is 49.1 Å². The van der Waals surface area contributed by atoms with Gasteiger partial charge in [-0.1, -0.05) is 46.3 Å². The highest BCUT2D eigenvalue weighted by Gasteiger charge is 2.67. The van der Waals surface area contributed by atoms with E-state index in [-0.39, 0.29) is 39.8 Å². The summed E-state index contributed by atoms with van der Waals surface area (Å²) in [6.45, 7) is 10.2. The number of hydrogen-bond acceptors (Lipinski definition) is 30. The van der Waals surface area contributed by atoms with Gasteiger partial charge in [0.2, 0.25) is 0 Å². The van der Waals surface area contributed by atoms with E-state index in [1.807, 2.05) is 0 Å². The van der Waals surface area contributed by atoms with Crippen LogP contribution in [-0.2, 0) is 101 Å². The van der Waals surface area contributed by atoms with Crippen LogP contribution in [0.25, 0.3) is 0 Å². The second-order valence-corrected chi connectivity index (χ2v) is 29.5. The maximum atomic E-state index is 13.0. The lowest BCUT2D eigenvalue weighted by atomic mass is 9.41. The fraction of sp³-hybridized carbons (Fsp3) is 0.943. The lowest BCUT2D eigenvalue weighted by molar-refractivity contribution is -0.403. The number of allylic oxidation sites excluding steroid dienone is 2. The van der Waals surface area contributed by atoms with Gasteiger partial charge in [0.25, 0.3) is 0 Å². The predicted octanol–water partition coefficient (Wildman–Crippen LogP) is -2.90. The Balaban J connectivity index is 0.996. The molecular weight excluding hydrogens is 1260 g/mol. The summed E-state index contributed by atoms with van der Waals surface area (Å²) in [5, 5.41) is 102. The first kappa shape index (κ1) is 71.5. The van der Waals surface area contributed by atoms with Crippen molar-refractivity contribution >= 4 is 37.0 Å². The van der Waals surface area contributed by atoms with Crippen molar-refractivity contribution < 1.29 is 154 Å². The van der Waals surface area contributed by atoms with E-state index in [9.17, 15) is 89.7 Å². The SMILES string of the molecule is CO[C@@H]1[C@@H](O)[C@H](O[C@@H]2[C@@H](O)[C@H](O[C@H]3[C@H](O)[C@@H](O[C@@H]4OC[C@@H](O)[C@H](O)[C@H]4O)[C@H](O[C@H]4[C@H](O[C@H]5CC[C@]6(C)[C@@H]7CC[C@]8(C)[C@@H](C(C)=O)CC[C@@]8(C)C7=CC[C@H]6C5(C)C)OC[C@@H](OS(=O)(=O)O)[C@@H]4O)O[C@@H]3C)O[C@H](COS(=O)(=O)O)[C@H]2O)O[C@H](COS(=O)(=O)O)[C@H]1O. The molecule has 33 nitrogen and oxygen atoms in total. The van der Waals surface area contributed by atoms with Crippen molar-refractivity contribution in [3.05, 3.63) is 11.6 Å². The molecule has 8 fully saturated rings. The summed E-state index contributed by atoms with van der Waals surface area (Å²) in [4.78, 5) is 13.0. The zero-order chi connectivity index (χ0) is 65.6. The van der Waals surface area contributed by atoms with Crippen LogP contribution in [0.4, 0.5) is 0 Å². The standard InChI is InChI=1S/C53H86O33S3/c1-21(54)23-11-15-53(7)25-9-10-30-50(3,4)31(13-14-51(30,5)24(25)12-16-52(23,53)6)81-48-43(35(59)29(18-75-48)86-89(70,71)72)85-49-44(84-45-36(60)32(56)26(55)17-74-45)37(61)40(22(2)78-49)82-47-39(63)42(34(58)28(80-47)20-77-88(67,68)69)83-46-38(62)41(73-8)33(57)27(79-46)19-76-87(64,65)66/h9,22-24,26-49,55-63H,10-20H2,1-8H3,(H,64,65,66)(H,67,68,69)(H,70,71,72)/t22-,23-,24-,26-,27-,28-,29-,30+,31+,32+,33-,34-,35+,36-,37+,38-,39-,40-,41+,42+,43-,44-,45+,46+,47+,48+,49+,51-,52-,53+/m1/s1. The molecule has 0 aromatic carbocycles. The molecule has 5 aliphatic heterocycles. The van der Waals surface area contributed by atoms with Crippen LogP contribution in [0.15, 0.2) is 11.6 Å². The van der Waals surface area contributed by atoms with Gasteiger partial charge < -0.3 is 98.1 Å². The van der Waals surface area contributed by atoms with Gasteiger partial charge in [-0.2, -0.15) is 25.3 Å². The molecule has 0 spiro atoms. The number of aliphatic hydroxyl groups excluding tert-OH is 9. The maximum Gasteiger partial charge on any atom is 0.397 e. The monoisotopic (exact) mass is 1350 g/mol. The van der Waals surface area contributed by atoms with Crippen LogP contribution in [-0.4, -0.2) is 272 Å². The normalized spacial score (nSPS) is 48.8. The van der Waals surface area contributed by atoms with Crippen molar-refractivity contribution in [2.24, 2.45) is 39.4 Å². The molecule has 0 unspecified atom stereocenters. The van der Waals surface area contributed by atoms with Crippen molar-refractivity contribution in [3.63, 3.8) is 0 Å². The van der Waals surface area contributed by atoms with Crippen LogP contribution in [0.1, 0.15) is 93.4 Å². The van der Waals surface area contributed by atoms with Crippen molar-refractivity contribution in [3.8, 4) is 0 Å². The molecule has 0 aromatic heterocycles. The van der Waals surface area contributed by atoms with Crippen LogP contribution >= 0.6 is 0 Å². The van der Waals surface area contributed by atoms with Gasteiger partial charge in [0.15, 0.2) is 31.5 Å². The summed E-state index contributed by atoms with van der Waals surface area (Å²) < 4.78 is 179. The molecule has 514 valence electrons. The number of Topliss-reactive ketones (excluding diaryl/α,β-unsaturated/α-hetero) is 1. The second-order valence-electron chi connectivity index (χ2n) is 26.3. The van der Waals surface area contributed by atoms with E-state index in [1.54, 1.807) is 6.92 Å².